The van der Waals surface area contributed by atoms with Gasteiger partial charge in [-0.1, -0.05) is 0 Å². The quantitative estimate of drug-likeness (QED) is 0.880. The minimum atomic E-state index is -1.08. The van der Waals surface area contributed by atoms with Crippen LogP contribution in [0.3, 0.4) is 0 Å². The number of carbonyl (C=O) groups excluding carboxylic acids is 1. The first-order chi connectivity index (χ1) is 8.04. The summed E-state index contributed by atoms with van der Waals surface area (Å²) in [6, 6.07) is 1.08. The third-order valence-electron chi connectivity index (χ3n) is 2.79. The van der Waals surface area contributed by atoms with Crippen molar-refractivity contribution in [3.8, 4) is 5.75 Å². The molecule has 0 unspecified atom stereocenters. The van der Waals surface area contributed by atoms with E-state index >= 15 is 0 Å². The summed E-state index contributed by atoms with van der Waals surface area (Å²) in [5.74, 6) is -2.74. The second-order valence-corrected chi connectivity index (χ2v) is 4.13. The Morgan fingerprint density at radius 1 is 1.47 bits per heavy atom. The molecule has 1 aliphatic carbocycles. The molecule has 0 spiro atoms. The van der Waals surface area contributed by atoms with Gasteiger partial charge in [0.15, 0.2) is 11.6 Å². The van der Waals surface area contributed by atoms with Gasteiger partial charge in [-0.3, -0.25) is 4.79 Å². The van der Waals surface area contributed by atoms with E-state index in [0.29, 0.717) is 5.56 Å². The highest BCUT2D eigenvalue weighted by molar-refractivity contribution is 5.96. The number of amides is 1. The average molecular weight is 241 g/mol. The van der Waals surface area contributed by atoms with E-state index in [0.717, 1.165) is 18.9 Å². The SMILES string of the molecule is COc1c(C)c(C(=O)NC2CC2)cc(F)c1F. The van der Waals surface area contributed by atoms with Crippen molar-refractivity contribution >= 4 is 5.91 Å². The fraction of sp³-hybridized carbons (Fsp3) is 0.417. The number of hydrogen-bond donors (Lipinski definition) is 1. The van der Waals surface area contributed by atoms with Gasteiger partial charge in [0.1, 0.15) is 0 Å². The van der Waals surface area contributed by atoms with Crippen molar-refractivity contribution in [2.45, 2.75) is 25.8 Å². The van der Waals surface area contributed by atoms with Crippen molar-refractivity contribution < 1.29 is 18.3 Å². The van der Waals surface area contributed by atoms with Crippen LogP contribution in [0.25, 0.3) is 0 Å². The largest absolute Gasteiger partial charge is 0.493 e. The Morgan fingerprint density at radius 3 is 2.65 bits per heavy atom. The molecule has 0 heterocycles. The highest BCUT2D eigenvalue weighted by Gasteiger charge is 2.26. The highest BCUT2D eigenvalue weighted by atomic mass is 19.2. The minimum Gasteiger partial charge on any atom is -0.493 e. The first-order valence-corrected chi connectivity index (χ1v) is 5.38. The number of carbonyl (C=O) groups is 1. The maximum absolute atomic E-state index is 13.3. The van der Waals surface area contributed by atoms with Crippen LogP contribution in [0, 0.1) is 18.6 Å². The van der Waals surface area contributed by atoms with Crippen molar-refractivity contribution in [1.29, 1.82) is 0 Å². The lowest BCUT2D eigenvalue weighted by atomic mass is 10.1. The van der Waals surface area contributed by atoms with Crippen LogP contribution in [-0.2, 0) is 0 Å². The second-order valence-electron chi connectivity index (χ2n) is 4.13. The van der Waals surface area contributed by atoms with E-state index in [2.05, 4.69) is 5.32 Å². The summed E-state index contributed by atoms with van der Waals surface area (Å²) in [6.07, 6.45) is 1.87. The topological polar surface area (TPSA) is 38.3 Å². The Kier molecular flexibility index (Phi) is 3.00. The van der Waals surface area contributed by atoms with E-state index in [4.69, 9.17) is 4.74 Å². The molecular formula is C12H13F2NO2. The van der Waals surface area contributed by atoms with Crippen LogP contribution < -0.4 is 10.1 Å². The number of hydrogen-bond acceptors (Lipinski definition) is 2. The predicted octanol–water partition coefficient (Wildman–Crippen LogP) is 2.17. The van der Waals surface area contributed by atoms with Crippen molar-refractivity contribution in [1.82, 2.24) is 5.32 Å². The molecule has 1 saturated carbocycles. The summed E-state index contributed by atoms with van der Waals surface area (Å²) in [4.78, 5) is 11.8. The summed E-state index contributed by atoms with van der Waals surface area (Å²) in [6.45, 7) is 1.53. The lowest BCUT2D eigenvalue weighted by molar-refractivity contribution is 0.0949. The second kappa shape index (κ2) is 4.31. The molecule has 2 rings (SSSR count). The summed E-state index contributed by atoms with van der Waals surface area (Å²) in [7, 11) is 1.24. The molecule has 0 aromatic heterocycles. The molecule has 3 nitrogen and oxygen atoms in total. The van der Waals surface area contributed by atoms with Crippen molar-refractivity contribution in [3.05, 3.63) is 28.8 Å². The third-order valence-corrected chi connectivity index (χ3v) is 2.79. The number of methoxy groups -OCH3 is 1. The molecule has 92 valence electrons. The maximum atomic E-state index is 13.3. The Labute approximate surface area is 97.8 Å². The van der Waals surface area contributed by atoms with Crippen LogP contribution in [0.2, 0.25) is 0 Å². The molecule has 1 fully saturated rings. The molecule has 0 bridgehead atoms. The monoisotopic (exact) mass is 241 g/mol. The number of rotatable bonds is 3. The fourth-order valence-electron chi connectivity index (χ4n) is 1.66. The number of halogens is 2. The summed E-state index contributed by atoms with van der Waals surface area (Å²) in [5.41, 5.74) is 0.428. The fourth-order valence-corrected chi connectivity index (χ4v) is 1.66. The van der Waals surface area contributed by atoms with Crippen molar-refractivity contribution in [3.63, 3.8) is 0 Å². The standard InChI is InChI=1S/C12H13F2NO2/c1-6-8(12(16)15-7-3-4-7)5-9(13)10(14)11(6)17-2/h5,7H,3-4H2,1-2H3,(H,15,16). The van der Waals surface area contributed by atoms with E-state index in [9.17, 15) is 13.6 Å². The van der Waals surface area contributed by atoms with E-state index in [1.165, 1.54) is 14.0 Å². The first kappa shape index (κ1) is 11.8. The molecule has 1 aromatic rings. The van der Waals surface area contributed by atoms with Crippen LogP contribution in [-0.4, -0.2) is 19.1 Å². The lowest BCUT2D eigenvalue weighted by Crippen LogP contribution is -2.26. The average Bonchev–Trinajstić information content (AvgIpc) is 3.08. The van der Waals surface area contributed by atoms with Gasteiger partial charge >= 0.3 is 0 Å². The summed E-state index contributed by atoms with van der Waals surface area (Å²) in [5, 5.41) is 2.73. The summed E-state index contributed by atoms with van der Waals surface area (Å²) >= 11 is 0. The molecule has 0 saturated heterocycles. The third kappa shape index (κ3) is 2.23. The number of benzene rings is 1. The number of ether oxygens (including phenoxy) is 1. The first-order valence-electron chi connectivity index (χ1n) is 5.38. The Morgan fingerprint density at radius 2 is 2.12 bits per heavy atom. The molecule has 5 heteroatoms. The zero-order chi connectivity index (χ0) is 12.6. The Balaban J connectivity index is 2.38. The molecule has 1 N–H and O–H groups in total. The zero-order valence-electron chi connectivity index (χ0n) is 9.64. The predicted molar refractivity (Wildman–Crippen MR) is 58.1 cm³/mol. The molecular weight excluding hydrogens is 228 g/mol. The number of nitrogens with one attached hydrogen (secondary N) is 1. The van der Waals surface area contributed by atoms with Crippen molar-refractivity contribution in [2.24, 2.45) is 0 Å². The molecule has 0 radical (unpaired) electrons. The van der Waals surface area contributed by atoms with Gasteiger partial charge in [0, 0.05) is 17.2 Å². The van der Waals surface area contributed by atoms with Gasteiger partial charge in [-0.25, -0.2) is 4.39 Å². The minimum absolute atomic E-state index is 0.118. The summed E-state index contributed by atoms with van der Waals surface area (Å²) < 4.78 is 31.4. The van der Waals surface area contributed by atoms with Crippen LogP contribution in [0.15, 0.2) is 6.07 Å². The zero-order valence-corrected chi connectivity index (χ0v) is 9.64. The molecule has 17 heavy (non-hydrogen) atoms. The van der Waals surface area contributed by atoms with E-state index < -0.39 is 11.6 Å². The molecule has 0 aliphatic heterocycles. The Hall–Kier alpha value is -1.65. The molecule has 1 aromatic carbocycles. The maximum Gasteiger partial charge on any atom is 0.252 e. The smallest absolute Gasteiger partial charge is 0.252 e. The van der Waals surface area contributed by atoms with Gasteiger partial charge in [-0.15, -0.1) is 0 Å². The highest BCUT2D eigenvalue weighted by Crippen LogP contribution is 2.28. The van der Waals surface area contributed by atoms with E-state index in [1.54, 1.807) is 0 Å². The van der Waals surface area contributed by atoms with Crippen LogP contribution in [0.4, 0.5) is 8.78 Å². The van der Waals surface area contributed by atoms with E-state index in [-0.39, 0.29) is 23.3 Å². The van der Waals surface area contributed by atoms with Crippen LogP contribution in [0.1, 0.15) is 28.8 Å². The van der Waals surface area contributed by atoms with Crippen molar-refractivity contribution in [2.75, 3.05) is 7.11 Å². The van der Waals surface area contributed by atoms with E-state index in [1.807, 2.05) is 0 Å². The molecule has 1 amide bonds. The van der Waals surface area contributed by atoms with Gasteiger partial charge in [-0.05, 0) is 25.8 Å². The molecule has 0 atom stereocenters. The Bertz CT molecular complexity index is 470. The van der Waals surface area contributed by atoms with Crippen LogP contribution >= 0.6 is 0 Å². The van der Waals surface area contributed by atoms with Gasteiger partial charge in [0.05, 0.1) is 7.11 Å². The molecule has 1 aliphatic rings. The van der Waals surface area contributed by atoms with Gasteiger partial charge < -0.3 is 10.1 Å². The van der Waals surface area contributed by atoms with Gasteiger partial charge in [0.2, 0.25) is 5.82 Å². The van der Waals surface area contributed by atoms with Crippen LogP contribution in [0.5, 0.6) is 5.75 Å². The normalized spacial score (nSPS) is 14.6. The van der Waals surface area contributed by atoms with Gasteiger partial charge in [0.25, 0.3) is 5.91 Å². The van der Waals surface area contributed by atoms with Gasteiger partial charge in [-0.2, -0.15) is 4.39 Å². The lowest BCUT2D eigenvalue weighted by Gasteiger charge is -2.12.